The zero-order valence-electron chi connectivity index (χ0n) is 11.2. The first-order valence-electron chi connectivity index (χ1n) is 6.40. The molecule has 1 amide bonds. The summed E-state index contributed by atoms with van der Waals surface area (Å²) in [5.41, 5.74) is -0.399. The van der Waals surface area contributed by atoms with Crippen molar-refractivity contribution in [1.29, 1.82) is 0 Å². The first-order chi connectivity index (χ1) is 7.89. The van der Waals surface area contributed by atoms with Crippen LogP contribution in [-0.2, 0) is 9.47 Å². The Kier molecular flexibility index (Phi) is 3.34. The number of ether oxygens (including phenoxy) is 2. The van der Waals surface area contributed by atoms with Crippen molar-refractivity contribution < 1.29 is 14.3 Å². The summed E-state index contributed by atoms with van der Waals surface area (Å²) in [6.07, 6.45) is 2.40. The average molecular weight is 241 g/mol. The fourth-order valence-electron chi connectivity index (χ4n) is 2.91. The van der Waals surface area contributed by atoms with Gasteiger partial charge in [-0.15, -0.1) is 0 Å². The molecule has 4 nitrogen and oxygen atoms in total. The molecular formula is C13H23NO3. The number of likely N-dealkylation sites (tertiary alicyclic amines) is 1. The number of methoxy groups -OCH3 is 1. The zero-order valence-corrected chi connectivity index (χ0v) is 11.2. The van der Waals surface area contributed by atoms with E-state index in [4.69, 9.17) is 9.47 Å². The van der Waals surface area contributed by atoms with Gasteiger partial charge in [-0.1, -0.05) is 0 Å². The first-order valence-corrected chi connectivity index (χ1v) is 6.40. The molecule has 1 saturated heterocycles. The van der Waals surface area contributed by atoms with Crippen LogP contribution in [0.5, 0.6) is 0 Å². The van der Waals surface area contributed by atoms with Crippen molar-refractivity contribution >= 4 is 6.09 Å². The van der Waals surface area contributed by atoms with Gasteiger partial charge in [0.2, 0.25) is 0 Å². The summed E-state index contributed by atoms with van der Waals surface area (Å²) in [5.74, 6) is 1.21. The third kappa shape index (κ3) is 2.92. The largest absolute Gasteiger partial charge is 0.444 e. The maximum atomic E-state index is 11.9. The second-order valence-electron chi connectivity index (χ2n) is 6.23. The van der Waals surface area contributed by atoms with Gasteiger partial charge in [-0.3, -0.25) is 0 Å². The molecule has 0 N–H and O–H groups in total. The van der Waals surface area contributed by atoms with E-state index < -0.39 is 5.60 Å². The number of hydrogen-bond donors (Lipinski definition) is 0. The smallest absolute Gasteiger partial charge is 0.410 e. The highest BCUT2D eigenvalue weighted by molar-refractivity contribution is 5.68. The minimum Gasteiger partial charge on any atom is -0.444 e. The van der Waals surface area contributed by atoms with Gasteiger partial charge in [0, 0.05) is 20.2 Å². The lowest BCUT2D eigenvalue weighted by Crippen LogP contribution is -2.36. The molecule has 1 aliphatic heterocycles. The van der Waals surface area contributed by atoms with Crippen LogP contribution in [0.25, 0.3) is 0 Å². The fraction of sp³-hybridized carbons (Fsp3) is 0.923. The third-order valence-corrected chi connectivity index (χ3v) is 3.69. The minimum atomic E-state index is -0.399. The van der Waals surface area contributed by atoms with Gasteiger partial charge in [0.15, 0.2) is 0 Å². The van der Waals surface area contributed by atoms with E-state index in [1.807, 2.05) is 25.7 Å². The molecule has 1 saturated carbocycles. The van der Waals surface area contributed by atoms with Gasteiger partial charge in [0.1, 0.15) is 5.60 Å². The molecule has 0 aromatic heterocycles. The maximum Gasteiger partial charge on any atom is 0.410 e. The summed E-state index contributed by atoms with van der Waals surface area (Å²) in [6, 6.07) is 0. The van der Waals surface area contributed by atoms with Crippen LogP contribution in [0.1, 0.15) is 33.6 Å². The molecule has 2 unspecified atom stereocenters. The van der Waals surface area contributed by atoms with E-state index >= 15 is 0 Å². The molecule has 1 aliphatic carbocycles. The molecule has 0 aromatic carbocycles. The molecule has 2 rings (SSSR count). The molecule has 2 aliphatic rings. The summed E-state index contributed by atoms with van der Waals surface area (Å²) in [5, 5.41) is 0. The second kappa shape index (κ2) is 4.48. The highest BCUT2D eigenvalue weighted by Gasteiger charge is 2.43. The SMILES string of the molecule is COC1CC2CN(C(=O)OC(C)(C)C)CC2C1. The van der Waals surface area contributed by atoms with E-state index in [2.05, 4.69) is 0 Å². The van der Waals surface area contributed by atoms with Crippen molar-refractivity contribution in [3.8, 4) is 0 Å². The third-order valence-electron chi connectivity index (χ3n) is 3.69. The van der Waals surface area contributed by atoms with Crippen molar-refractivity contribution in [2.24, 2.45) is 11.8 Å². The molecule has 2 atom stereocenters. The van der Waals surface area contributed by atoms with Crippen molar-refractivity contribution in [2.75, 3.05) is 20.2 Å². The van der Waals surface area contributed by atoms with Crippen molar-refractivity contribution in [2.45, 2.75) is 45.3 Å². The molecule has 0 spiro atoms. The van der Waals surface area contributed by atoms with Gasteiger partial charge in [0.05, 0.1) is 6.10 Å². The Balaban J connectivity index is 1.86. The van der Waals surface area contributed by atoms with Crippen LogP contribution in [0, 0.1) is 11.8 Å². The lowest BCUT2D eigenvalue weighted by Gasteiger charge is -2.25. The van der Waals surface area contributed by atoms with Crippen LogP contribution in [0.2, 0.25) is 0 Å². The number of nitrogens with zero attached hydrogens (tertiary/aromatic N) is 1. The normalized spacial score (nSPS) is 32.7. The molecular weight excluding hydrogens is 218 g/mol. The van der Waals surface area contributed by atoms with Crippen LogP contribution in [0.3, 0.4) is 0 Å². The summed E-state index contributed by atoms with van der Waals surface area (Å²) in [7, 11) is 1.78. The molecule has 0 radical (unpaired) electrons. The van der Waals surface area contributed by atoms with Gasteiger partial charge in [-0.05, 0) is 45.4 Å². The predicted molar refractivity (Wildman–Crippen MR) is 64.8 cm³/mol. The van der Waals surface area contributed by atoms with E-state index in [1.54, 1.807) is 7.11 Å². The fourth-order valence-corrected chi connectivity index (χ4v) is 2.91. The average Bonchev–Trinajstić information content (AvgIpc) is 2.70. The number of amides is 1. The number of hydrogen-bond acceptors (Lipinski definition) is 3. The van der Waals surface area contributed by atoms with Gasteiger partial charge in [-0.2, -0.15) is 0 Å². The molecule has 0 bridgehead atoms. The zero-order chi connectivity index (χ0) is 12.6. The van der Waals surface area contributed by atoms with Gasteiger partial charge in [-0.25, -0.2) is 4.79 Å². The van der Waals surface area contributed by atoms with E-state index in [0.717, 1.165) is 25.9 Å². The topological polar surface area (TPSA) is 38.8 Å². The van der Waals surface area contributed by atoms with E-state index in [0.29, 0.717) is 17.9 Å². The number of carbonyl (C=O) groups is 1. The summed E-state index contributed by atoms with van der Waals surface area (Å²) >= 11 is 0. The van der Waals surface area contributed by atoms with Crippen LogP contribution in [0.15, 0.2) is 0 Å². The van der Waals surface area contributed by atoms with Crippen molar-refractivity contribution in [1.82, 2.24) is 4.90 Å². The maximum absolute atomic E-state index is 11.9. The van der Waals surface area contributed by atoms with Crippen molar-refractivity contribution in [3.63, 3.8) is 0 Å². The van der Waals surface area contributed by atoms with E-state index in [1.165, 1.54) is 0 Å². The Morgan fingerprint density at radius 1 is 1.18 bits per heavy atom. The molecule has 4 heteroatoms. The Labute approximate surface area is 103 Å². The highest BCUT2D eigenvalue weighted by atomic mass is 16.6. The molecule has 98 valence electrons. The van der Waals surface area contributed by atoms with E-state index in [-0.39, 0.29) is 6.09 Å². The molecule has 0 aromatic rings. The van der Waals surface area contributed by atoms with Crippen LogP contribution in [0.4, 0.5) is 4.79 Å². The van der Waals surface area contributed by atoms with Crippen LogP contribution in [-0.4, -0.2) is 42.9 Å². The summed E-state index contributed by atoms with van der Waals surface area (Å²) in [6.45, 7) is 7.38. The number of carbonyl (C=O) groups excluding carboxylic acids is 1. The lowest BCUT2D eigenvalue weighted by atomic mass is 10.0. The lowest BCUT2D eigenvalue weighted by molar-refractivity contribution is 0.0260. The highest BCUT2D eigenvalue weighted by Crippen LogP contribution is 2.39. The first kappa shape index (κ1) is 12.7. The Morgan fingerprint density at radius 3 is 2.12 bits per heavy atom. The van der Waals surface area contributed by atoms with Crippen molar-refractivity contribution in [3.05, 3.63) is 0 Å². The van der Waals surface area contributed by atoms with Crippen LogP contribution >= 0.6 is 0 Å². The Hall–Kier alpha value is -0.770. The molecule has 1 heterocycles. The second-order valence-corrected chi connectivity index (χ2v) is 6.23. The standard InChI is InChI=1S/C13H23NO3/c1-13(2,3)17-12(15)14-7-9-5-11(16-4)6-10(9)8-14/h9-11H,5-8H2,1-4H3. The minimum absolute atomic E-state index is 0.166. The molecule has 17 heavy (non-hydrogen) atoms. The molecule has 2 fully saturated rings. The number of fused-ring (bicyclic) bond motifs is 1. The Morgan fingerprint density at radius 2 is 1.71 bits per heavy atom. The summed E-state index contributed by atoms with van der Waals surface area (Å²) in [4.78, 5) is 13.8. The summed E-state index contributed by atoms with van der Waals surface area (Å²) < 4.78 is 10.8. The van der Waals surface area contributed by atoms with Gasteiger partial charge in [0.25, 0.3) is 0 Å². The Bertz CT molecular complexity index is 284. The van der Waals surface area contributed by atoms with E-state index in [9.17, 15) is 4.79 Å². The quantitative estimate of drug-likeness (QED) is 0.707. The monoisotopic (exact) mass is 241 g/mol. The van der Waals surface area contributed by atoms with Gasteiger partial charge < -0.3 is 14.4 Å². The number of rotatable bonds is 1. The van der Waals surface area contributed by atoms with Gasteiger partial charge >= 0.3 is 6.09 Å². The predicted octanol–water partition coefficient (Wildman–Crippen LogP) is 2.28. The van der Waals surface area contributed by atoms with Crippen LogP contribution < -0.4 is 0 Å².